The first-order valence-corrected chi connectivity index (χ1v) is 11.7. The monoisotopic (exact) mass is 591 g/mol. The highest BCUT2D eigenvalue weighted by atomic mass is 127. The van der Waals surface area contributed by atoms with Gasteiger partial charge in [-0.15, -0.1) is 0 Å². The lowest BCUT2D eigenvalue weighted by Crippen LogP contribution is -3.00. The molecule has 0 spiro atoms. The molecule has 1 aliphatic heterocycles. The first-order valence-electron chi connectivity index (χ1n) is 10.9. The van der Waals surface area contributed by atoms with Gasteiger partial charge in [-0.05, 0) is 17.2 Å². The molecule has 2 unspecified atom stereocenters. The van der Waals surface area contributed by atoms with Gasteiger partial charge in [0.25, 0.3) is 0 Å². The van der Waals surface area contributed by atoms with E-state index >= 15 is 0 Å². The molecule has 0 saturated carbocycles. The molecule has 2 nitrogen and oxygen atoms in total. The number of aliphatic hydroxyl groups is 1. The molecule has 0 aliphatic carbocycles. The molecule has 0 aromatic heterocycles. The third kappa shape index (κ3) is 5.78. The third-order valence-corrected chi connectivity index (χ3v) is 7.49. The first-order chi connectivity index (χ1) is 14.5. The van der Waals surface area contributed by atoms with Crippen LogP contribution in [-0.2, 0) is 19.4 Å². The summed E-state index contributed by atoms with van der Waals surface area (Å²) in [7, 11) is 2.33. The zero-order valence-electron chi connectivity index (χ0n) is 18.1. The second-order valence-corrected chi connectivity index (χ2v) is 9.89. The molecule has 1 aliphatic rings. The minimum Gasteiger partial charge on any atom is -1.00 e. The number of quaternary nitrogens is 1. The first kappa shape index (κ1) is 24.4. The van der Waals surface area contributed by atoms with Crippen LogP contribution in [0.3, 0.4) is 0 Å². The van der Waals surface area contributed by atoms with E-state index in [0.717, 1.165) is 34.9 Å². The van der Waals surface area contributed by atoms with E-state index in [9.17, 15) is 5.11 Å². The molecule has 164 valence electrons. The molecule has 1 fully saturated rings. The molecule has 31 heavy (non-hydrogen) atoms. The SMILES string of the molecule is C[N+]1(Cc2ccccc2Br)CCCC1C(O)(Cc1ccccc1)Cc1ccccc1.[I-]. The minimum atomic E-state index is -0.796. The van der Waals surface area contributed by atoms with Crippen LogP contribution in [0.25, 0.3) is 0 Å². The Morgan fingerprint density at radius 2 is 1.39 bits per heavy atom. The van der Waals surface area contributed by atoms with Gasteiger partial charge in [-0.2, -0.15) is 0 Å². The Morgan fingerprint density at radius 3 is 1.94 bits per heavy atom. The van der Waals surface area contributed by atoms with Gasteiger partial charge in [0.2, 0.25) is 0 Å². The Labute approximate surface area is 212 Å². The smallest absolute Gasteiger partial charge is 0.124 e. The van der Waals surface area contributed by atoms with Crippen molar-refractivity contribution in [2.24, 2.45) is 0 Å². The summed E-state index contributed by atoms with van der Waals surface area (Å²) in [6, 6.07) is 29.6. The summed E-state index contributed by atoms with van der Waals surface area (Å²) in [5.41, 5.74) is 2.93. The number of benzene rings is 3. The number of hydrogen-bond acceptors (Lipinski definition) is 1. The van der Waals surface area contributed by atoms with Crippen LogP contribution in [0.4, 0.5) is 0 Å². The third-order valence-electron chi connectivity index (χ3n) is 6.71. The van der Waals surface area contributed by atoms with Gasteiger partial charge in [-0.1, -0.05) is 94.8 Å². The highest BCUT2D eigenvalue weighted by molar-refractivity contribution is 9.10. The lowest BCUT2D eigenvalue weighted by atomic mass is 9.80. The van der Waals surface area contributed by atoms with Crippen LogP contribution in [0.1, 0.15) is 29.5 Å². The summed E-state index contributed by atoms with van der Waals surface area (Å²) in [4.78, 5) is 0. The van der Waals surface area contributed by atoms with Gasteiger partial charge in [0.15, 0.2) is 0 Å². The van der Waals surface area contributed by atoms with Crippen LogP contribution in [0.15, 0.2) is 89.4 Å². The molecule has 4 heteroatoms. The van der Waals surface area contributed by atoms with E-state index in [4.69, 9.17) is 0 Å². The highest BCUT2D eigenvalue weighted by Gasteiger charge is 2.51. The van der Waals surface area contributed by atoms with Gasteiger partial charge in [-0.3, -0.25) is 0 Å². The Balaban J connectivity index is 0.00000272. The zero-order valence-corrected chi connectivity index (χ0v) is 21.8. The summed E-state index contributed by atoms with van der Waals surface area (Å²) < 4.78 is 2.03. The standard InChI is InChI=1S/C27H31BrNO.HI/c1-29(21-24-15-8-9-16-25(24)28)18-10-17-26(29)27(30,19-22-11-4-2-5-12-22)20-23-13-6-3-7-14-23;/h2-9,11-16,26,30H,10,17-21H2,1H3;1H/q+1;/p-1. The number of hydrogen-bond donors (Lipinski definition) is 1. The van der Waals surface area contributed by atoms with Gasteiger partial charge in [0.05, 0.1) is 13.6 Å². The molecular formula is C27H31BrINO. The molecule has 0 amide bonds. The zero-order chi connectivity index (χ0) is 21.0. The Kier molecular flexibility index (Phi) is 8.36. The quantitative estimate of drug-likeness (QED) is 0.331. The van der Waals surface area contributed by atoms with Crippen molar-refractivity contribution in [2.45, 2.75) is 43.9 Å². The van der Waals surface area contributed by atoms with E-state index in [1.165, 1.54) is 16.7 Å². The second kappa shape index (κ2) is 10.6. The van der Waals surface area contributed by atoms with Crippen molar-refractivity contribution in [1.29, 1.82) is 0 Å². The van der Waals surface area contributed by atoms with E-state index < -0.39 is 5.60 Å². The normalized spacial score (nSPS) is 20.9. The Morgan fingerprint density at radius 1 is 0.871 bits per heavy atom. The molecule has 0 bridgehead atoms. The lowest BCUT2D eigenvalue weighted by Gasteiger charge is -2.45. The van der Waals surface area contributed by atoms with Crippen molar-refractivity contribution in [1.82, 2.24) is 0 Å². The maximum atomic E-state index is 12.3. The largest absolute Gasteiger partial charge is 1.00 e. The molecule has 0 radical (unpaired) electrons. The summed E-state index contributed by atoms with van der Waals surface area (Å²) in [5, 5.41) is 12.3. The van der Waals surface area contributed by atoms with Crippen molar-refractivity contribution >= 4 is 15.9 Å². The van der Waals surface area contributed by atoms with Gasteiger partial charge < -0.3 is 33.6 Å². The molecule has 3 aromatic carbocycles. The van der Waals surface area contributed by atoms with Crippen molar-refractivity contribution in [3.63, 3.8) is 0 Å². The maximum absolute atomic E-state index is 12.3. The van der Waals surface area contributed by atoms with Crippen LogP contribution in [0.5, 0.6) is 0 Å². The van der Waals surface area contributed by atoms with Gasteiger partial charge in [-0.25, -0.2) is 0 Å². The lowest BCUT2D eigenvalue weighted by molar-refractivity contribution is -0.940. The summed E-state index contributed by atoms with van der Waals surface area (Å²) in [5.74, 6) is 0. The average molecular weight is 592 g/mol. The highest BCUT2D eigenvalue weighted by Crippen LogP contribution is 2.39. The number of rotatable bonds is 7. The number of nitrogens with zero attached hydrogens (tertiary/aromatic N) is 1. The van der Waals surface area contributed by atoms with Crippen molar-refractivity contribution in [2.75, 3.05) is 13.6 Å². The fourth-order valence-corrected chi connectivity index (χ4v) is 5.77. The number of halogens is 2. The minimum absolute atomic E-state index is 0. The van der Waals surface area contributed by atoms with Crippen LogP contribution < -0.4 is 24.0 Å². The van der Waals surface area contributed by atoms with Gasteiger partial charge in [0, 0.05) is 35.7 Å². The van der Waals surface area contributed by atoms with Crippen LogP contribution in [-0.4, -0.2) is 34.8 Å². The predicted octanol–water partition coefficient (Wildman–Crippen LogP) is 2.78. The summed E-state index contributed by atoms with van der Waals surface area (Å²) >= 11 is 3.73. The fourth-order valence-electron chi connectivity index (χ4n) is 5.36. The number of likely N-dealkylation sites (tertiary alicyclic amines) is 1. The van der Waals surface area contributed by atoms with E-state index in [0.29, 0.717) is 12.8 Å². The average Bonchev–Trinajstić information content (AvgIpc) is 3.13. The molecule has 4 rings (SSSR count). The van der Waals surface area contributed by atoms with Crippen LogP contribution >= 0.6 is 15.9 Å². The molecule has 1 saturated heterocycles. The van der Waals surface area contributed by atoms with Crippen molar-refractivity contribution in [3.05, 3.63) is 106 Å². The van der Waals surface area contributed by atoms with E-state index in [1.807, 2.05) is 12.1 Å². The summed E-state index contributed by atoms with van der Waals surface area (Å²) in [6.45, 7) is 2.02. The van der Waals surface area contributed by atoms with Crippen molar-refractivity contribution in [3.8, 4) is 0 Å². The van der Waals surface area contributed by atoms with E-state index in [-0.39, 0.29) is 30.0 Å². The topological polar surface area (TPSA) is 20.2 Å². The molecule has 1 N–H and O–H groups in total. The molecular weight excluding hydrogens is 561 g/mol. The molecule has 1 heterocycles. The van der Waals surface area contributed by atoms with Crippen molar-refractivity contribution < 1.29 is 33.6 Å². The predicted molar refractivity (Wildman–Crippen MR) is 127 cm³/mol. The summed E-state index contributed by atoms with van der Waals surface area (Å²) in [6.07, 6.45) is 3.56. The molecule has 3 aromatic rings. The Hall–Kier alpha value is -1.21. The van der Waals surface area contributed by atoms with Crippen LogP contribution in [0, 0.1) is 0 Å². The maximum Gasteiger partial charge on any atom is 0.124 e. The van der Waals surface area contributed by atoms with Gasteiger partial charge in [0.1, 0.15) is 18.2 Å². The van der Waals surface area contributed by atoms with Gasteiger partial charge >= 0.3 is 0 Å². The Bertz CT molecular complexity index is 924. The van der Waals surface area contributed by atoms with E-state index in [2.05, 4.69) is 95.8 Å². The molecule has 2 atom stereocenters. The number of likely N-dealkylation sites (N-methyl/N-ethyl adjacent to an activating group) is 1. The van der Waals surface area contributed by atoms with E-state index in [1.54, 1.807) is 0 Å². The van der Waals surface area contributed by atoms with Crippen LogP contribution in [0.2, 0.25) is 0 Å². The fraction of sp³-hybridized carbons (Fsp3) is 0.333. The second-order valence-electron chi connectivity index (χ2n) is 9.04.